The maximum atomic E-state index is 13.0. The van der Waals surface area contributed by atoms with E-state index in [-0.39, 0.29) is 29.2 Å². The number of hydrogen-bond acceptors (Lipinski definition) is 6. The van der Waals surface area contributed by atoms with Gasteiger partial charge in [0.15, 0.2) is 5.69 Å². The van der Waals surface area contributed by atoms with Crippen LogP contribution in [0.2, 0.25) is 0 Å². The summed E-state index contributed by atoms with van der Waals surface area (Å²) in [7, 11) is -3.69. The van der Waals surface area contributed by atoms with Crippen molar-refractivity contribution in [2.24, 2.45) is 0 Å². The molecule has 1 aromatic heterocycles. The number of morpholine rings is 1. The van der Waals surface area contributed by atoms with E-state index < -0.39 is 15.9 Å². The van der Waals surface area contributed by atoms with Crippen molar-refractivity contribution in [1.29, 1.82) is 0 Å². The van der Waals surface area contributed by atoms with E-state index in [9.17, 15) is 18.0 Å². The van der Waals surface area contributed by atoms with Crippen molar-refractivity contribution in [2.75, 3.05) is 31.6 Å². The summed E-state index contributed by atoms with van der Waals surface area (Å²) < 4.78 is 33.6. The summed E-state index contributed by atoms with van der Waals surface area (Å²) in [6.45, 7) is 3.35. The number of aryl methyl sites for hydroxylation is 1. The first-order chi connectivity index (χ1) is 14.9. The maximum absolute atomic E-state index is 13.0. The predicted molar refractivity (Wildman–Crippen MR) is 116 cm³/mol. The molecule has 4 rings (SSSR count). The lowest BCUT2D eigenvalue weighted by atomic mass is 10.1. The number of anilines is 1. The first kappa shape index (κ1) is 21.2. The number of nitrogens with zero attached hydrogens (tertiary/aromatic N) is 3. The highest BCUT2D eigenvalue weighted by molar-refractivity contribution is 7.89. The number of sulfonamides is 1. The van der Waals surface area contributed by atoms with E-state index in [0.717, 1.165) is 0 Å². The van der Waals surface area contributed by atoms with Crippen molar-refractivity contribution in [2.45, 2.75) is 18.4 Å². The molecule has 1 N–H and O–H groups in total. The lowest BCUT2D eigenvalue weighted by molar-refractivity contribution is 0.0730. The van der Waals surface area contributed by atoms with Gasteiger partial charge in [0.05, 0.1) is 23.5 Å². The Balaban J connectivity index is 1.67. The van der Waals surface area contributed by atoms with Gasteiger partial charge in [-0.3, -0.25) is 9.59 Å². The van der Waals surface area contributed by atoms with Crippen LogP contribution < -0.4 is 10.9 Å². The van der Waals surface area contributed by atoms with Crippen LogP contribution in [0.1, 0.15) is 17.4 Å². The Kier molecular flexibility index (Phi) is 5.86. The van der Waals surface area contributed by atoms with E-state index >= 15 is 0 Å². The molecule has 10 heteroatoms. The Morgan fingerprint density at radius 2 is 1.81 bits per heavy atom. The number of amides is 1. The van der Waals surface area contributed by atoms with E-state index in [2.05, 4.69) is 10.4 Å². The molecule has 1 saturated heterocycles. The standard InChI is InChI=1S/C21H22N4O5S/c1-2-25-21(27)18-9-4-3-8-17(18)19(23-25)20(26)22-15-6-5-7-16(14-15)31(28,29)24-10-12-30-13-11-24/h3-9,14H,2,10-13H2,1H3,(H,22,26). The molecule has 31 heavy (non-hydrogen) atoms. The average molecular weight is 442 g/mol. The first-order valence-corrected chi connectivity index (χ1v) is 11.3. The van der Waals surface area contributed by atoms with Crippen LogP contribution >= 0.6 is 0 Å². The fourth-order valence-corrected chi connectivity index (χ4v) is 4.93. The number of rotatable bonds is 5. The van der Waals surface area contributed by atoms with Crippen molar-refractivity contribution < 1.29 is 17.9 Å². The number of nitrogens with one attached hydrogen (secondary N) is 1. The summed E-state index contributed by atoms with van der Waals surface area (Å²) >= 11 is 0. The zero-order valence-corrected chi connectivity index (χ0v) is 17.8. The normalized spacial score (nSPS) is 15.1. The van der Waals surface area contributed by atoms with Gasteiger partial charge in [0.25, 0.3) is 11.5 Å². The smallest absolute Gasteiger partial charge is 0.276 e. The minimum absolute atomic E-state index is 0.0866. The lowest BCUT2D eigenvalue weighted by Gasteiger charge is -2.26. The Bertz CT molecular complexity index is 1300. The number of carbonyl (C=O) groups excluding carboxylic acids is 1. The highest BCUT2D eigenvalue weighted by Crippen LogP contribution is 2.22. The Labute approximate surface area is 179 Å². The summed E-state index contributed by atoms with van der Waals surface area (Å²) in [4.78, 5) is 25.6. The molecule has 0 bridgehead atoms. The Morgan fingerprint density at radius 3 is 2.52 bits per heavy atom. The van der Waals surface area contributed by atoms with Crippen LogP contribution in [-0.4, -0.2) is 54.7 Å². The van der Waals surface area contributed by atoms with Crippen molar-refractivity contribution in [3.63, 3.8) is 0 Å². The molecule has 0 unspecified atom stereocenters. The fraction of sp³-hybridized carbons (Fsp3) is 0.286. The van der Waals surface area contributed by atoms with Gasteiger partial charge in [0, 0.05) is 30.7 Å². The topological polar surface area (TPSA) is 111 Å². The molecule has 1 amide bonds. The van der Waals surface area contributed by atoms with Crippen LogP contribution in [0.15, 0.2) is 58.2 Å². The highest BCUT2D eigenvalue weighted by atomic mass is 32.2. The molecule has 162 valence electrons. The third-order valence-corrected chi connectivity index (χ3v) is 6.98. The molecular formula is C21H22N4O5S. The summed E-state index contributed by atoms with van der Waals surface area (Å²) in [6.07, 6.45) is 0. The number of benzene rings is 2. The second-order valence-corrected chi connectivity index (χ2v) is 8.95. The Hall–Kier alpha value is -3.08. The third kappa shape index (κ3) is 4.09. The number of ether oxygens (including phenoxy) is 1. The van der Waals surface area contributed by atoms with Crippen molar-refractivity contribution in [3.8, 4) is 0 Å². The summed E-state index contributed by atoms with van der Waals surface area (Å²) in [6, 6.07) is 12.9. The molecular weight excluding hydrogens is 420 g/mol. The van der Waals surface area contributed by atoms with Crippen LogP contribution in [0.3, 0.4) is 0 Å². The molecule has 9 nitrogen and oxygen atoms in total. The molecule has 1 fully saturated rings. The van der Waals surface area contributed by atoms with Gasteiger partial charge in [0.1, 0.15) is 0 Å². The molecule has 0 atom stereocenters. The third-order valence-electron chi connectivity index (χ3n) is 5.08. The van der Waals surface area contributed by atoms with Gasteiger partial charge in [-0.15, -0.1) is 0 Å². The van der Waals surface area contributed by atoms with Crippen molar-refractivity contribution in [3.05, 3.63) is 64.6 Å². The fourth-order valence-electron chi connectivity index (χ4n) is 3.48. The molecule has 0 saturated carbocycles. The minimum Gasteiger partial charge on any atom is -0.379 e. The van der Waals surface area contributed by atoms with E-state index in [0.29, 0.717) is 36.2 Å². The number of aromatic nitrogens is 2. The van der Waals surface area contributed by atoms with Gasteiger partial charge in [-0.1, -0.05) is 24.3 Å². The molecule has 2 aromatic carbocycles. The van der Waals surface area contributed by atoms with Gasteiger partial charge in [0.2, 0.25) is 10.0 Å². The zero-order valence-electron chi connectivity index (χ0n) is 16.9. The largest absolute Gasteiger partial charge is 0.379 e. The van der Waals surface area contributed by atoms with Crippen molar-refractivity contribution >= 4 is 32.4 Å². The molecule has 1 aliphatic heterocycles. The zero-order chi connectivity index (χ0) is 22.0. The van der Waals surface area contributed by atoms with Crippen molar-refractivity contribution in [1.82, 2.24) is 14.1 Å². The number of hydrogen-bond donors (Lipinski definition) is 1. The first-order valence-electron chi connectivity index (χ1n) is 9.91. The van der Waals surface area contributed by atoms with Crippen LogP contribution in [0, 0.1) is 0 Å². The molecule has 2 heterocycles. The SMILES string of the molecule is CCn1nc(C(=O)Nc2cccc(S(=O)(=O)N3CCOCC3)c2)c2ccccc2c1=O. The van der Waals surface area contributed by atoms with Crippen LogP contribution in [-0.2, 0) is 21.3 Å². The molecule has 1 aliphatic rings. The van der Waals surface area contributed by atoms with Crippen LogP contribution in [0.5, 0.6) is 0 Å². The van der Waals surface area contributed by atoms with E-state index in [1.165, 1.54) is 21.1 Å². The number of fused-ring (bicyclic) bond motifs is 1. The van der Waals surface area contributed by atoms with Gasteiger partial charge >= 0.3 is 0 Å². The number of carbonyl (C=O) groups is 1. The average Bonchev–Trinajstić information content (AvgIpc) is 2.80. The second kappa shape index (κ2) is 8.58. The lowest BCUT2D eigenvalue weighted by Crippen LogP contribution is -2.40. The van der Waals surface area contributed by atoms with Gasteiger partial charge in [-0.2, -0.15) is 9.40 Å². The minimum atomic E-state index is -3.69. The van der Waals surface area contributed by atoms with Gasteiger partial charge in [-0.05, 0) is 31.2 Å². The highest BCUT2D eigenvalue weighted by Gasteiger charge is 2.26. The molecule has 0 spiro atoms. The van der Waals surface area contributed by atoms with Gasteiger partial charge in [-0.25, -0.2) is 13.1 Å². The summed E-state index contributed by atoms with van der Waals surface area (Å²) in [5.41, 5.74) is 0.145. The molecule has 3 aromatic rings. The van der Waals surface area contributed by atoms with Crippen LogP contribution in [0.25, 0.3) is 10.8 Å². The van der Waals surface area contributed by atoms with E-state index in [4.69, 9.17) is 4.74 Å². The Morgan fingerprint density at radius 1 is 1.10 bits per heavy atom. The monoisotopic (exact) mass is 442 g/mol. The summed E-state index contributed by atoms with van der Waals surface area (Å²) in [5.74, 6) is -0.528. The van der Waals surface area contributed by atoms with E-state index in [1.807, 2.05) is 0 Å². The van der Waals surface area contributed by atoms with Crippen LogP contribution in [0.4, 0.5) is 5.69 Å². The molecule has 0 aliphatic carbocycles. The quantitative estimate of drug-likeness (QED) is 0.644. The molecule has 0 radical (unpaired) electrons. The summed E-state index contributed by atoms with van der Waals surface area (Å²) in [5, 5.41) is 7.76. The predicted octanol–water partition coefficient (Wildman–Crippen LogP) is 1.69. The van der Waals surface area contributed by atoms with Gasteiger partial charge < -0.3 is 10.1 Å². The second-order valence-electron chi connectivity index (χ2n) is 7.01. The maximum Gasteiger partial charge on any atom is 0.276 e. The van der Waals surface area contributed by atoms with E-state index in [1.54, 1.807) is 43.3 Å².